The average Bonchev–Trinajstić information content (AvgIpc) is 2.30. The van der Waals surface area contributed by atoms with Crippen LogP contribution in [0.2, 0.25) is 0 Å². The molecule has 0 aromatic heterocycles. The van der Waals surface area contributed by atoms with Crippen LogP contribution in [0.15, 0.2) is 30.3 Å². The zero-order valence-corrected chi connectivity index (χ0v) is 9.55. The van der Waals surface area contributed by atoms with E-state index in [1.54, 1.807) is 30.3 Å². The Kier molecular flexibility index (Phi) is 5.57. The highest BCUT2D eigenvalue weighted by molar-refractivity contribution is 5.78. The fourth-order valence-corrected chi connectivity index (χ4v) is 1.00. The van der Waals surface area contributed by atoms with Gasteiger partial charge in [-0.25, -0.2) is 9.59 Å². The predicted molar refractivity (Wildman–Crippen MR) is 59.8 cm³/mol. The van der Waals surface area contributed by atoms with Gasteiger partial charge in [-0.2, -0.15) is 0 Å². The van der Waals surface area contributed by atoms with Gasteiger partial charge in [0.05, 0.1) is 6.61 Å². The Bertz CT molecular complexity index is 360. The quantitative estimate of drug-likeness (QED) is 0.349. The van der Waals surface area contributed by atoms with Crippen LogP contribution in [0, 0.1) is 0 Å². The lowest BCUT2D eigenvalue weighted by Crippen LogP contribution is -2.17. The van der Waals surface area contributed by atoms with E-state index in [0.717, 1.165) is 12.8 Å². The first-order chi connectivity index (χ1) is 8.22. The Morgan fingerprint density at radius 1 is 1.12 bits per heavy atom. The summed E-state index contributed by atoms with van der Waals surface area (Å²) < 4.78 is 13.6. The van der Waals surface area contributed by atoms with Gasteiger partial charge >= 0.3 is 12.3 Å². The third-order valence-electron chi connectivity index (χ3n) is 1.83. The summed E-state index contributed by atoms with van der Waals surface area (Å²) in [6, 6.07) is 8.31. The molecule has 5 nitrogen and oxygen atoms in total. The maximum absolute atomic E-state index is 11.1. The first kappa shape index (κ1) is 13.0. The molecule has 1 aromatic rings. The van der Waals surface area contributed by atoms with Crippen molar-refractivity contribution in [1.82, 2.24) is 0 Å². The molecule has 0 aliphatic carbocycles. The molecule has 0 saturated heterocycles. The van der Waals surface area contributed by atoms with E-state index >= 15 is 0 Å². The average molecular weight is 238 g/mol. The van der Waals surface area contributed by atoms with Crippen molar-refractivity contribution in [1.29, 1.82) is 0 Å². The van der Waals surface area contributed by atoms with E-state index in [1.807, 2.05) is 6.92 Å². The van der Waals surface area contributed by atoms with Gasteiger partial charge in [0, 0.05) is 0 Å². The molecule has 0 saturated carbocycles. The molecule has 0 radical (unpaired) electrons. The maximum atomic E-state index is 11.1. The summed E-state index contributed by atoms with van der Waals surface area (Å²) in [5.74, 6) is 0.304. The minimum Gasteiger partial charge on any atom is -0.434 e. The van der Waals surface area contributed by atoms with E-state index in [1.165, 1.54) is 0 Å². The number of benzene rings is 1. The lowest BCUT2D eigenvalue weighted by molar-refractivity contribution is 0.0574. The Labute approximate surface area is 99.3 Å². The number of ether oxygens (including phenoxy) is 3. The van der Waals surface area contributed by atoms with E-state index in [9.17, 15) is 9.59 Å². The van der Waals surface area contributed by atoms with Crippen molar-refractivity contribution in [2.24, 2.45) is 0 Å². The minimum absolute atomic E-state index is 0.230. The molecule has 5 heteroatoms. The highest BCUT2D eigenvalue weighted by Crippen LogP contribution is 2.09. The van der Waals surface area contributed by atoms with Crippen LogP contribution >= 0.6 is 0 Å². The molecule has 0 unspecified atom stereocenters. The Hall–Kier alpha value is -2.04. The monoisotopic (exact) mass is 238 g/mol. The highest BCUT2D eigenvalue weighted by atomic mass is 16.8. The van der Waals surface area contributed by atoms with Gasteiger partial charge in [0.1, 0.15) is 5.75 Å². The molecule has 17 heavy (non-hydrogen) atoms. The summed E-state index contributed by atoms with van der Waals surface area (Å²) in [4.78, 5) is 22.1. The van der Waals surface area contributed by atoms with Gasteiger partial charge in [-0.1, -0.05) is 31.5 Å². The van der Waals surface area contributed by atoms with Crippen LogP contribution in [-0.4, -0.2) is 18.9 Å². The van der Waals surface area contributed by atoms with Crippen molar-refractivity contribution in [3.63, 3.8) is 0 Å². The van der Waals surface area contributed by atoms with E-state index in [0.29, 0.717) is 5.75 Å². The normalized spacial score (nSPS) is 9.47. The number of rotatable bonds is 4. The topological polar surface area (TPSA) is 61.8 Å². The van der Waals surface area contributed by atoms with E-state index in [2.05, 4.69) is 9.47 Å². The molecule has 1 rings (SSSR count). The van der Waals surface area contributed by atoms with Crippen molar-refractivity contribution in [3.05, 3.63) is 30.3 Å². The van der Waals surface area contributed by atoms with E-state index in [-0.39, 0.29) is 6.61 Å². The fraction of sp³-hybridized carbons (Fsp3) is 0.333. The van der Waals surface area contributed by atoms with Crippen molar-refractivity contribution in [3.8, 4) is 5.75 Å². The Balaban J connectivity index is 2.27. The summed E-state index contributed by atoms with van der Waals surface area (Å²) in [7, 11) is 0. The molecule has 92 valence electrons. The molecule has 0 spiro atoms. The van der Waals surface area contributed by atoms with Crippen LogP contribution in [0.25, 0.3) is 0 Å². The third kappa shape index (κ3) is 5.55. The third-order valence-corrected chi connectivity index (χ3v) is 1.83. The second kappa shape index (κ2) is 7.27. The first-order valence-corrected chi connectivity index (χ1v) is 5.34. The lowest BCUT2D eigenvalue weighted by atomic mass is 10.3. The second-order valence-electron chi connectivity index (χ2n) is 3.22. The Morgan fingerprint density at radius 3 is 2.47 bits per heavy atom. The maximum Gasteiger partial charge on any atom is 0.524 e. The molecular weight excluding hydrogens is 224 g/mol. The van der Waals surface area contributed by atoms with Gasteiger partial charge in [0.15, 0.2) is 0 Å². The van der Waals surface area contributed by atoms with E-state index in [4.69, 9.17) is 4.74 Å². The highest BCUT2D eigenvalue weighted by Gasteiger charge is 2.13. The lowest BCUT2D eigenvalue weighted by Gasteiger charge is -2.04. The molecule has 0 amide bonds. The van der Waals surface area contributed by atoms with E-state index < -0.39 is 12.3 Å². The summed E-state index contributed by atoms with van der Waals surface area (Å²) in [6.07, 6.45) is -0.526. The van der Waals surface area contributed by atoms with Gasteiger partial charge in [0.2, 0.25) is 0 Å². The van der Waals surface area contributed by atoms with Crippen molar-refractivity contribution >= 4 is 12.3 Å². The molecule has 0 fully saturated rings. The van der Waals surface area contributed by atoms with Crippen LogP contribution in [-0.2, 0) is 9.47 Å². The molecule has 0 N–H and O–H groups in total. The van der Waals surface area contributed by atoms with Gasteiger partial charge in [-0.15, -0.1) is 0 Å². The zero-order chi connectivity index (χ0) is 12.5. The summed E-state index contributed by atoms with van der Waals surface area (Å²) >= 11 is 0. The van der Waals surface area contributed by atoms with Gasteiger partial charge in [-0.3, -0.25) is 0 Å². The van der Waals surface area contributed by atoms with Crippen molar-refractivity contribution in [2.45, 2.75) is 19.8 Å². The number of carbonyl (C=O) groups is 2. The fourth-order valence-electron chi connectivity index (χ4n) is 1.00. The number of hydrogen-bond acceptors (Lipinski definition) is 5. The molecule has 1 aromatic carbocycles. The number of para-hydroxylation sites is 1. The second-order valence-corrected chi connectivity index (χ2v) is 3.22. The largest absolute Gasteiger partial charge is 0.524 e. The van der Waals surface area contributed by atoms with Crippen molar-refractivity contribution in [2.75, 3.05) is 6.61 Å². The van der Waals surface area contributed by atoms with Gasteiger partial charge < -0.3 is 14.2 Å². The first-order valence-electron chi connectivity index (χ1n) is 5.34. The van der Waals surface area contributed by atoms with Crippen LogP contribution in [0.3, 0.4) is 0 Å². The summed E-state index contributed by atoms with van der Waals surface area (Å²) in [5.41, 5.74) is 0. The number of unbranched alkanes of at least 4 members (excludes halogenated alkanes) is 1. The van der Waals surface area contributed by atoms with Gasteiger partial charge in [-0.05, 0) is 18.6 Å². The number of carbonyl (C=O) groups excluding carboxylic acids is 2. The molecule has 0 bridgehead atoms. The Morgan fingerprint density at radius 2 is 1.82 bits per heavy atom. The van der Waals surface area contributed by atoms with Gasteiger partial charge in [0.25, 0.3) is 0 Å². The van der Waals surface area contributed by atoms with Crippen LogP contribution < -0.4 is 4.74 Å². The smallest absolute Gasteiger partial charge is 0.434 e. The summed E-state index contributed by atoms with van der Waals surface area (Å²) in [5, 5.41) is 0. The van der Waals surface area contributed by atoms with Crippen molar-refractivity contribution < 1.29 is 23.8 Å². The minimum atomic E-state index is -1.10. The zero-order valence-electron chi connectivity index (χ0n) is 9.55. The molecule has 0 aliphatic heterocycles. The molecular formula is C12H14O5. The van der Waals surface area contributed by atoms with Crippen LogP contribution in [0.4, 0.5) is 9.59 Å². The predicted octanol–water partition coefficient (Wildman–Crippen LogP) is 3.14. The SMILES string of the molecule is CCCCOC(=O)OC(=O)Oc1ccccc1. The van der Waals surface area contributed by atoms with Crippen LogP contribution in [0.1, 0.15) is 19.8 Å². The standard InChI is InChI=1S/C12H14O5/c1-2-3-9-15-11(13)17-12(14)16-10-7-5-4-6-8-10/h4-8H,2-3,9H2,1H3. The molecule has 0 atom stereocenters. The molecule has 0 aliphatic rings. The number of hydrogen-bond donors (Lipinski definition) is 0. The van der Waals surface area contributed by atoms with Crippen LogP contribution in [0.5, 0.6) is 5.75 Å². The summed E-state index contributed by atoms with van der Waals surface area (Å²) in [6.45, 7) is 2.19. The molecule has 0 heterocycles.